The molecule has 0 N–H and O–H groups in total. The van der Waals surface area contributed by atoms with Gasteiger partial charge in [0, 0.05) is 54.7 Å². The van der Waals surface area contributed by atoms with E-state index in [1.54, 1.807) is 12.1 Å². The molecule has 1 saturated heterocycles. The van der Waals surface area contributed by atoms with Crippen molar-refractivity contribution in [1.29, 1.82) is 0 Å². The second kappa shape index (κ2) is 10.7. The molecule has 190 valence electrons. The summed E-state index contributed by atoms with van der Waals surface area (Å²) in [5, 5.41) is 0. The van der Waals surface area contributed by atoms with Gasteiger partial charge in [0.15, 0.2) is 17.3 Å². The van der Waals surface area contributed by atoms with Crippen molar-refractivity contribution in [2.45, 2.75) is 45.6 Å². The summed E-state index contributed by atoms with van der Waals surface area (Å²) >= 11 is 0. The standard InChI is InChI=1S/C27H37N3O5/c1-18-14-22(19(2)30(18)21-8-6-7-9-21)23(31)17-28-10-12-29(13-11-28)27(32)20-15-24(33-3)26(35-5)25(16-20)34-4/h14-16,21H,6-13,17H2,1-5H3. The molecule has 35 heavy (non-hydrogen) atoms. The van der Waals surface area contributed by atoms with Gasteiger partial charge in [-0.3, -0.25) is 14.5 Å². The van der Waals surface area contributed by atoms with Gasteiger partial charge in [0.05, 0.1) is 27.9 Å². The molecule has 0 bridgehead atoms. The molecule has 0 unspecified atom stereocenters. The first kappa shape index (κ1) is 25.1. The third kappa shape index (κ3) is 5.03. The van der Waals surface area contributed by atoms with Gasteiger partial charge in [-0.05, 0) is 44.9 Å². The van der Waals surface area contributed by atoms with E-state index < -0.39 is 0 Å². The lowest BCUT2D eigenvalue weighted by Gasteiger charge is -2.34. The Bertz CT molecular complexity index is 1050. The van der Waals surface area contributed by atoms with E-state index in [2.05, 4.69) is 29.4 Å². The van der Waals surface area contributed by atoms with Gasteiger partial charge in [0.1, 0.15) is 0 Å². The molecule has 1 amide bonds. The van der Waals surface area contributed by atoms with Crippen LogP contribution in [0, 0.1) is 13.8 Å². The summed E-state index contributed by atoms with van der Waals surface area (Å²) in [5.41, 5.74) is 3.60. The zero-order valence-corrected chi connectivity index (χ0v) is 21.6. The van der Waals surface area contributed by atoms with E-state index in [0.29, 0.717) is 61.6 Å². The van der Waals surface area contributed by atoms with Gasteiger partial charge in [0.2, 0.25) is 5.75 Å². The minimum atomic E-state index is -0.0876. The molecular formula is C27H37N3O5. The fraction of sp³-hybridized carbons (Fsp3) is 0.556. The molecule has 2 fully saturated rings. The predicted octanol–water partition coefficient (Wildman–Crippen LogP) is 3.89. The van der Waals surface area contributed by atoms with Crippen LogP contribution in [0.3, 0.4) is 0 Å². The van der Waals surface area contributed by atoms with Crippen molar-refractivity contribution in [3.8, 4) is 17.2 Å². The molecule has 8 nitrogen and oxygen atoms in total. The van der Waals surface area contributed by atoms with Crippen LogP contribution in [0.15, 0.2) is 18.2 Å². The number of methoxy groups -OCH3 is 3. The molecule has 0 atom stereocenters. The Labute approximate surface area is 207 Å². The van der Waals surface area contributed by atoms with Gasteiger partial charge in [-0.15, -0.1) is 0 Å². The summed E-state index contributed by atoms with van der Waals surface area (Å²) in [5.74, 6) is 1.44. The highest BCUT2D eigenvalue weighted by Crippen LogP contribution is 2.38. The number of hydrogen-bond donors (Lipinski definition) is 0. The molecular weight excluding hydrogens is 446 g/mol. The number of aryl methyl sites for hydroxylation is 1. The Morgan fingerprint density at radius 2 is 1.49 bits per heavy atom. The summed E-state index contributed by atoms with van der Waals surface area (Å²) in [6.07, 6.45) is 4.94. The number of benzene rings is 1. The lowest BCUT2D eigenvalue weighted by molar-refractivity contribution is 0.0623. The highest BCUT2D eigenvalue weighted by molar-refractivity contribution is 5.99. The largest absolute Gasteiger partial charge is 0.493 e. The predicted molar refractivity (Wildman–Crippen MR) is 134 cm³/mol. The molecule has 4 rings (SSSR count). The van der Waals surface area contributed by atoms with Gasteiger partial charge in [-0.1, -0.05) is 12.8 Å². The van der Waals surface area contributed by atoms with E-state index in [9.17, 15) is 9.59 Å². The van der Waals surface area contributed by atoms with Crippen LogP contribution in [-0.4, -0.2) is 80.1 Å². The normalized spacial score (nSPS) is 17.0. The van der Waals surface area contributed by atoms with Gasteiger partial charge < -0.3 is 23.7 Å². The molecule has 1 aliphatic heterocycles. The van der Waals surface area contributed by atoms with Crippen molar-refractivity contribution in [2.75, 3.05) is 54.1 Å². The van der Waals surface area contributed by atoms with E-state index in [0.717, 1.165) is 11.3 Å². The maximum atomic E-state index is 13.2. The van der Waals surface area contributed by atoms with Crippen LogP contribution in [0.2, 0.25) is 0 Å². The molecule has 2 heterocycles. The number of aromatic nitrogens is 1. The maximum Gasteiger partial charge on any atom is 0.254 e. The molecule has 1 aromatic heterocycles. The zero-order chi connectivity index (χ0) is 25.1. The van der Waals surface area contributed by atoms with Crippen molar-refractivity contribution in [3.63, 3.8) is 0 Å². The fourth-order valence-corrected chi connectivity index (χ4v) is 5.57. The van der Waals surface area contributed by atoms with Crippen LogP contribution in [-0.2, 0) is 0 Å². The first-order chi connectivity index (χ1) is 16.9. The van der Waals surface area contributed by atoms with Crippen LogP contribution >= 0.6 is 0 Å². The molecule has 1 aromatic carbocycles. The number of carbonyl (C=O) groups excluding carboxylic acids is 2. The number of ketones is 1. The number of ether oxygens (including phenoxy) is 3. The van der Waals surface area contributed by atoms with Crippen molar-refractivity contribution in [2.24, 2.45) is 0 Å². The number of hydrogen-bond acceptors (Lipinski definition) is 6. The van der Waals surface area contributed by atoms with Gasteiger partial charge in [-0.2, -0.15) is 0 Å². The third-order valence-electron chi connectivity index (χ3n) is 7.41. The molecule has 8 heteroatoms. The van der Waals surface area contributed by atoms with Crippen LogP contribution in [0.25, 0.3) is 0 Å². The van der Waals surface area contributed by atoms with E-state index in [1.165, 1.54) is 52.7 Å². The average molecular weight is 484 g/mol. The summed E-state index contributed by atoms with van der Waals surface area (Å²) in [6, 6.07) is 5.95. The topological polar surface area (TPSA) is 73.2 Å². The first-order valence-electron chi connectivity index (χ1n) is 12.4. The van der Waals surface area contributed by atoms with E-state index in [1.807, 2.05) is 4.90 Å². The summed E-state index contributed by atoms with van der Waals surface area (Å²) in [4.78, 5) is 30.3. The second-order valence-electron chi connectivity index (χ2n) is 9.50. The quantitative estimate of drug-likeness (QED) is 0.531. The molecule has 1 aliphatic carbocycles. The fourth-order valence-electron chi connectivity index (χ4n) is 5.57. The Morgan fingerprint density at radius 1 is 0.886 bits per heavy atom. The van der Waals surface area contributed by atoms with Crippen LogP contribution in [0.5, 0.6) is 17.2 Å². The highest BCUT2D eigenvalue weighted by atomic mass is 16.5. The minimum Gasteiger partial charge on any atom is -0.493 e. The Balaban J connectivity index is 1.38. The molecule has 0 spiro atoms. The van der Waals surface area contributed by atoms with Crippen molar-refractivity contribution in [3.05, 3.63) is 40.7 Å². The van der Waals surface area contributed by atoms with Crippen molar-refractivity contribution in [1.82, 2.24) is 14.4 Å². The zero-order valence-electron chi connectivity index (χ0n) is 21.6. The lowest BCUT2D eigenvalue weighted by Crippen LogP contribution is -2.49. The van der Waals surface area contributed by atoms with Gasteiger partial charge >= 0.3 is 0 Å². The molecule has 1 saturated carbocycles. The smallest absolute Gasteiger partial charge is 0.254 e. The van der Waals surface area contributed by atoms with Crippen LogP contribution in [0.4, 0.5) is 0 Å². The SMILES string of the molecule is COc1cc(C(=O)N2CCN(CC(=O)c3cc(C)n(C4CCCC4)c3C)CC2)cc(OC)c1OC. The number of carbonyl (C=O) groups is 2. The van der Waals surface area contributed by atoms with Crippen LogP contribution in [0.1, 0.15) is 63.8 Å². The minimum absolute atomic E-state index is 0.0876. The Morgan fingerprint density at radius 3 is 2.03 bits per heavy atom. The third-order valence-corrected chi connectivity index (χ3v) is 7.41. The highest BCUT2D eigenvalue weighted by Gasteiger charge is 2.28. The monoisotopic (exact) mass is 483 g/mol. The summed E-state index contributed by atoms with van der Waals surface area (Å²) in [6.45, 7) is 6.99. The van der Waals surface area contributed by atoms with E-state index in [-0.39, 0.29) is 11.7 Å². The van der Waals surface area contributed by atoms with Gasteiger partial charge in [-0.25, -0.2) is 0 Å². The van der Waals surface area contributed by atoms with Gasteiger partial charge in [0.25, 0.3) is 5.91 Å². The lowest BCUT2D eigenvalue weighted by atomic mass is 10.1. The maximum absolute atomic E-state index is 13.2. The molecule has 0 radical (unpaired) electrons. The number of piperazine rings is 1. The molecule has 2 aromatic rings. The van der Waals surface area contributed by atoms with E-state index >= 15 is 0 Å². The van der Waals surface area contributed by atoms with E-state index in [4.69, 9.17) is 14.2 Å². The van der Waals surface area contributed by atoms with Crippen molar-refractivity contribution < 1.29 is 23.8 Å². The summed E-state index contributed by atoms with van der Waals surface area (Å²) < 4.78 is 18.5. The Hall–Kier alpha value is -3.00. The number of rotatable bonds is 8. The van der Waals surface area contributed by atoms with Crippen molar-refractivity contribution >= 4 is 11.7 Å². The van der Waals surface area contributed by atoms with Crippen LogP contribution < -0.4 is 14.2 Å². The molecule has 2 aliphatic rings. The number of Topliss-reactive ketones (excluding diaryl/α,β-unsaturated/α-hetero) is 1. The average Bonchev–Trinajstić information content (AvgIpc) is 3.50. The number of amides is 1. The first-order valence-corrected chi connectivity index (χ1v) is 12.4. The Kier molecular flexibility index (Phi) is 7.69. The number of nitrogens with zero attached hydrogens (tertiary/aromatic N) is 3. The summed E-state index contributed by atoms with van der Waals surface area (Å²) in [7, 11) is 4.61. The second-order valence-corrected chi connectivity index (χ2v) is 9.50.